The minimum absolute atomic E-state index is 0.515. The first-order valence-electron chi connectivity index (χ1n) is 9.71. The minimum atomic E-state index is 0.515. The lowest BCUT2D eigenvalue weighted by atomic mass is 10.2. The molecular weight excluding hydrogens is 372 g/mol. The predicted octanol–water partition coefficient (Wildman–Crippen LogP) is 2.26. The van der Waals surface area contributed by atoms with Crippen LogP contribution in [0, 0.1) is 11.3 Å². The maximum absolute atomic E-state index is 9.42. The average molecular weight is 393 g/mol. The van der Waals surface area contributed by atoms with E-state index in [0.29, 0.717) is 17.2 Å². The van der Waals surface area contributed by atoms with Crippen molar-refractivity contribution in [3.05, 3.63) is 46.1 Å². The van der Waals surface area contributed by atoms with Crippen molar-refractivity contribution in [2.24, 2.45) is 0 Å². The largest absolute Gasteiger partial charge is 0.437 e. The van der Waals surface area contributed by atoms with E-state index in [4.69, 9.17) is 19.4 Å². The third-order valence-corrected chi connectivity index (χ3v) is 6.59. The second-order valence-electron chi connectivity index (χ2n) is 7.23. The number of hydrogen-bond donors (Lipinski definition) is 1. The van der Waals surface area contributed by atoms with E-state index in [2.05, 4.69) is 6.07 Å². The Labute approximate surface area is 167 Å². The highest BCUT2D eigenvalue weighted by Crippen LogP contribution is 2.41. The minimum Gasteiger partial charge on any atom is -0.437 e. The first kappa shape index (κ1) is 17.6. The van der Waals surface area contributed by atoms with Gasteiger partial charge in [-0.05, 0) is 37.0 Å². The van der Waals surface area contributed by atoms with E-state index in [0.717, 1.165) is 61.7 Å². The molecule has 5 rings (SSSR count). The molecule has 1 N–H and O–H groups in total. The number of nitriles is 1. The van der Waals surface area contributed by atoms with Gasteiger partial charge in [-0.2, -0.15) is 10.2 Å². The third-order valence-electron chi connectivity index (χ3n) is 5.40. The van der Waals surface area contributed by atoms with Crippen molar-refractivity contribution in [1.82, 2.24) is 9.97 Å². The molecule has 2 aromatic heterocycles. The molecule has 2 aliphatic rings. The summed E-state index contributed by atoms with van der Waals surface area (Å²) in [5, 5.41) is 10.5. The van der Waals surface area contributed by atoms with Crippen LogP contribution >= 0.6 is 11.3 Å². The monoisotopic (exact) mass is 393 g/mol. The smallest absolute Gasteiger partial charge is 0.231 e. The van der Waals surface area contributed by atoms with E-state index in [1.54, 1.807) is 17.4 Å². The lowest BCUT2D eigenvalue weighted by molar-refractivity contribution is -0.922. The number of fused-ring (bicyclic) bond motifs is 3. The van der Waals surface area contributed by atoms with Crippen molar-refractivity contribution in [3.8, 4) is 17.7 Å². The van der Waals surface area contributed by atoms with E-state index in [-0.39, 0.29) is 0 Å². The highest BCUT2D eigenvalue weighted by Gasteiger charge is 2.25. The zero-order valence-electron chi connectivity index (χ0n) is 15.5. The molecule has 0 saturated carbocycles. The van der Waals surface area contributed by atoms with Gasteiger partial charge in [-0.1, -0.05) is 12.1 Å². The van der Waals surface area contributed by atoms with Gasteiger partial charge in [0.15, 0.2) is 5.82 Å². The number of nitrogens with zero attached hydrogens (tertiary/aromatic N) is 3. The van der Waals surface area contributed by atoms with Crippen LogP contribution < -0.4 is 9.64 Å². The van der Waals surface area contributed by atoms with Crippen molar-refractivity contribution < 1.29 is 14.4 Å². The Balaban J connectivity index is 1.57. The molecule has 6 nitrogen and oxygen atoms in total. The molecule has 1 aromatic carbocycles. The third kappa shape index (κ3) is 3.24. The highest BCUT2D eigenvalue weighted by molar-refractivity contribution is 7.19. The number of morpholine rings is 1. The summed E-state index contributed by atoms with van der Waals surface area (Å²) in [6.07, 6.45) is 3.32. The van der Waals surface area contributed by atoms with Crippen LogP contribution in [0.2, 0.25) is 0 Å². The number of ether oxygens (including phenoxy) is 2. The molecule has 3 aromatic rings. The molecule has 28 heavy (non-hydrogen) atoms. The Morgan fingerprint density at radius 2 is 2.04 bits per heavy atom. The molecule has 0 amide bonds. The number of para-hydroxylation sites is 1. The van der Waals surface area contributed by atoms with E-state index >= 15 is 0 Å². The molecule has 0 atom stereocenters. The second-order valence-corrected chi connectivity index (χ2v) is 8.32. The molecule has 0 unspecified atom stereocenters. The fourth-order valence-corrected chi connectivity index (χ4v) is 5.24. The SMILES string of the molecule is N#Cc1ccccc1Oc1nc(C[NH+]2CCOCC2)nc2sc3c(c12)CCC3. The number of benzene rings is 1. The Bertz CT molecular complexity index is 1070. The first-order chi connectivity index (χ1) is 13.8. The van der Waals surface area contributed by atoms with Crippen molar-refractivity contribution in [2.75, 3.05) is 26.3 Å². The van der Waals surface area contributed by atoms with Gasteiger partial charge < -0.3 is 14.4 Å². The lowest BCUT2D eigenvalue weighted by Gasteiger charge is -2.23. The van der Waals surface area contributed by atoms with Crippen LogP contribution in [-0.4, -0.2) is 36.3 Å². The zero-order chi connectivity index (χ0) is 18.9. The fraction of sp³-hybridized carbons (Fsp3) is 0.381. The number of hydrogen-bond acceptors (Lipinski definition) is 6. The normalized spacial score (nSPS) is 16.8. The molecule has 0 spiro atoms. The van der Waals surface area contributed by atoms with E-state index in [1.807, 2.05) is 18.2 Å². The highest BCUT2D eigenvalue weighted by atomic mass is 32.1. The quantitative estimate of drug-likeness (QED) is 0.736. The zero-order valence-corrected chi connectivity index (χ0v) is 16.3. The van der Waals surface area contributed by atoms with E-state index in [9.17, 15) is 5.26 Å². The van der Waals surface area contributed by atoms with E-state index in [1.165, 1.54) is 21.8 Å². The van der Waals surface area contributed by atoms with Gasteiger partial charge in [-0.15, -0.1) is 11.3 Å². The Kier molecular flexibility index (Phi) is 4.69. The summed E-state index contributed by atoms with van der Waals surface area (Å²) in [5.41, 5.74) is 1.84. The summed E-state index contributed by atoms with van der Waals surface area (Å²) in [5.74, 6) is 1.94. The van der Waals surface area contributed by atoms with Crippen molar-refractivity contribution in [1.29, 1.82) is 5.26 Å². The number of nitrogens with one attached hydrogen (secondary N) is 1. The summed E-state index contributed by atoms with van der Waals surface area (Å²) in [6, 6.07) is 9.52. The topological polar surface area (TPSA) is 72.5 Å². The average Bonchev–Trinajstić information content (AvgIpc) is 3.30. The van der Waals surface area contributed by atoms with Crippen molar-refractivity contribution >= 4 is 21.6 Å². The number of thiophene rings is 1. The van der Waals surface area contributed by atoms with Crippen LogP contribution in [-0.2, 0) is 24.1 Å². The van der Waals surface area contributed by atoms with Crippen LogP contribution in [0.25, 0.3) is 10.2 Å². The predicted molar refractivity (Wildman–Crippen MR) is 106 cm³/mol. The molecule has 1 aliphatic heterocycles. The van der Waals surface area contributed by atoms with Crippen LogP contribution in [0.4, 0.5) is 0 Å². The summed E-state index contributed by atoms with van der Waals surface area (Å²) in [7, 11) is 0. The molecule has 7 heteroatoms. The summed E-state index contributed by atoms with van der Waals surface area (Å²) >= 11 is 1.77. The van der Waals surface area contributed by atoms with Gasteiger partial charge in [-0.3, -0.25) is 0 Å². The Hall–Kier alpha value is -2.53. The van der Waals surface area contributed by atoms with Gasteiger partial charge in [-0.25, -0.2) is 4.98 Å². The van der Waals surface area contributed by atoms with Gasteiger partial charge >= 0.3 is 0 Å². The molecular formula is C21H21N4O2S+. The molecule has 1 saturated heterocycles. The van der Waals surface area contributed by atoms with Crippen molar-refractivity contribution in [3.63, 3.8) is 0 Å². The first-order valence-corrected chi connectivity index (χ1v) is 10.5. The number of quaternary nitrogens is 1. The maximum atomic E-state index is 9.42. The number of rotatable bonds is 4. The van der Waals surface area contributed by atoms with Gasteiger partial charge in [0, 0.05) is 4.88 Å². The van der Waals surface area contributed by atoms with Crippen molar-refractivity contribution in [2.45, 2.75) is 25.8 Å². The van der Waals surface area contributed by atoms with Crippen LogP contribution in [0.1, 0.15) is 28.2 Å². The van der Waals surface area contributed by atoms with Gasteiger partial charge in [0.2, 0.25) is 5.88 Å². The molecule has 142 valence electrons. The Morgan fingerprint density at radius 1 is 1.18 bits per heavy atom. The van der Waals surface area contributed by atoms with Gasteiger partial charge in [0.25, 0.3) is 0 Å². The van der Waals surface area contributed by atoms with E-state index < -0.39 is 0 Å². The maximum Gasteiger partial charge on any atom is 0.231 e. The summed E-state index contributed by atoms with van der Waals surface area (Å²) in [6.45, 7) is 4.26. The molecule has 1 aliphatic carbocycles. The van der Waals surface area contributed by atoms with Crippen LogP contribution in [0.15, 0.2) is 24.3 Å². The fourth-order valence-electron chi connectivity index (χ4n) is 3.97. The van der Waals surface area contributed by atoms with Gasteiger partial charge in [0.1, 0.15) is 36.3 Å². The lowest BCUT2D eigenvalue weighted by Crippen LogP contribution is -3.12. The van der Waals surface area contributed by atoms with Gasteiger partial charge in [0.05, 0.1) is 24.2 Å². The summed E-state index contributed by atoms with van der Waals surface area (Å²) in [4.78, 5) is 13.5. The molecule has 3 heterocycles. The second kappa shape index (κ2) is 7.47. The number of aryl methyl sites for hydroxylation is 2. The summed E-state index contributed by atoms with van der Waals surface area (Å²) < 4.78 is 11.7. The molecule has 0 radical (unpaired) electrons. The van der Waals surface area contributed by atoms with Crippen LogP contribution in [0.3, 0.4) is 0 Å². The Morgan fingerprint density at radius 3 is 2.89 bits per heavy atom. The molecule has 1 fully saturated rings. The van der Waals surface area contributed by atoms with Crippen LogP contribution in [0.5, 0.6) is 11.6 Å². The number of aromatic nitrogens is 2. The standard InChI is InChI=1S/C21H20N4O2S/c22-12-14-4-1-2-6-16(14)27-20-19-15-5-3-7-17(15)28-21(19)24-18(23-20)13-25-8-10-26-11-9-25/h1-2,4,6H,3,5,7-11,13H2/p+1. The molecule has 0 bridgehead atoms.